The summed E-state index contributed by atoms with van der Waals surface area (Å²) in [6.07, 6.45) is 2.64. The topological polar surface area (TPSA) is 74.6 Å². The zero-order valence-electron chi connectivity index (χ0n) is 8.03. The van der Waals surface area contributed by atoms with Gasteiger partial charge in [-0.15, -0.1) is 0 Å². The summed E-state index contributed by atoms with van der Waals surface area (Å²) in [7, 11) is 0. The molecular formula is C10H12N4. The third-order valence-electron chi connectivity index (χ3n) is 2.56. The molecule has 0 N–H and O–H groups in total. The quantitative estimate of drug-likeness (QED) is 0.604. The van der Waals surface area contributed by atoms with Crippen molar-refractivity contribution in [3.05, 3.63) is 0 Å². The van der Waals surface area contributed by atoms with Gasteiger partial charge in [-0.05, 0) is 18.3 Å². The minimum Gasteiger partial charge on any atom is -0.277 e. The zero-order valence-corrected chi connectivity index (χ0v) is 8.03. The van der Waals surface area contributed by atoms with Crippen molar-refractivity contribution in [3.63, 3.8) is 0 Å². The largest absolute Gasteiger partial charge is 0.277 e. The molecule has 0 aromatic carbocycles. The lowest BCUT2D eigenvalue weighted by molar-refractivity contribution is 0.268. The van der Waals surface area contributed by atoms with Gasteiger partial charge in [0.2, 0.25) is 0 Å². The summed E-state index contributed by atoms with van der Waals surface area (Å²) in [5.74, 6) is 0. The summed E-state index contributed by atoms with van der Waals surface area (Å²) in [6.45, 7) is 1.27. The van der Waals surface area contributed by atoms with Crippen LogP contribution in [0.4, 0.5) is 0 Å². The van der Waals surface area contributed by atoms with E-state index in [1.807, 2.05) is 17.0 Å². The first-order valence-corrected chi connectivity index (χ1v) is 4.59. The molecule has 0 unspecified atom stereocenters. The number of nitriles is 3. The van der Waals surface area contributed by atoms with Crippen LogP contribution in [0.1, 0.15) is 19.3 Å². The Hall–Kier alpha value is -1.57. The first kappa shape index (κ1) is 10.5. The number of nitrogens with zero attached hydrogens (tertiary/aromatic N) is 4. The molecule has 1 aliphatic carbocycles. The molecule has 0 saturated heterocycles. The van der Waals surface area contributed by atoms with Crippen LogP contribution in [0.2, 0.25) is 0 Å². The van der Waals surface area contributed by atoms with Gasteiger partial charge >= 0.3 is 0 Å². The molecule has 72 valence electrons. The standard InChI is InChI=1S/C10H12N4/c11-4-3-10(1-2-10)9-14(7-5-12)8-6-13/h1-3,7-9H2. The van der Waals surface area contributed by atoms with Crippen LogP contribution >= 0.6 is 0 Å². The summed E-state index contributed by atoms with van der Waals surface area (Å²) in [5, 5.41) is 25.7. The van der Waals surface area contributed by atoms with Gasteiger partial charge in [0, 0.05) is 13.0 Å². The molecule has 0 atom stereocenters. The maximum atomic E-state index is 8.62. The predicted octanol–water partition coefficient (Wildman–Crippen LogP) is 1.03. The lowest BCUT2D eigenvalue weighted by atomic mass is 10.0. The summed E-state index contributed by atoms with van der Waals surface area (Å²) >= 11 is 0. The highest BCUT2D eigenvalue weighted by atomic mass is 15.1. The summed E-state index contributed by atoms with van der Waals surface area (Å²) in [6, 6.07) is 6.24. The Morgan fingerprint density at radius 1 is 1.00 bits per heavy atom. The van der Waals surface area contributed by atoms with Gasteiger partial charge in [0.05, 0.1) is 31.3 Å². The Bertz CT molecular complexity index is 294. The van der Waals surface area contributed by atoms with Crippen LogP contribution in [-0.2, 0) is 0 Å². The molecule has 0 amide bonds. The monoisotopic (exact) mass is 188 g/mol. The fourth-order valence-electron chi connectivity index (χ4n) is 1.58. The molecule has 14 heavy (non-hydrogen) atoms. The molecule has 0 heterocycles. The van der Waals surface area contributed by atoms with Crippen molar-refractivity contribution in [2.24, 2.45) is 5.41 Å². The van der Waals surface area contributed by atoms with E-state index in [4.69, 9.17) is 15.8 Å². The minimum atomic E-state index is 0.0858. The van der Waals surface area contributed by atoms with E-state index in [-0.39, 0.29) is 18.5 Å². The molecule has 1 fully saturated rings. The van der Waals surface area contributed by atoms with E-state index in [2.05, 4.69) is 6.07 Å². The van der Waals surface area contributed by atoms with E-state index < -0.39 is 0 Å². The van der Waals surface area contributed by atoms with Crippen LogP contribution in [0, 0.1) is 39.4 Å². The lowest BCUT2D eigenvalue weighted by Crippen LogP contribution is -2.31. The van der Waals surface area contributed by atoms with Crippen molar-refractivity contribution in [2.45, 2.75) is 19.3 Å². The lowest BCUT2D eigenvalue weighted by Gasteiger charge is -2.20. The normalized spacial score (nSPS) is 16.7. The van der Waals surface area contributed by atoms with E-state index in [0.29, 0.717) is 13.0 Å². The average molecular weight is 188 g/mol. The molecule has 0 aromatic rings. The van der Waals surface area contributed by atoms with Gasteiger partial charge in [-0.2, -0.15) is 15.8 Å². The van der Waals surface area contributed by atoms with Crippen molar-refractivity contribution >= 4 is 0 Å². The molecule has 0 aromatic heterocycles. The number of hydrogen-bond acceptors (Lipinski definition) is 4. The molecule has 4 heteroatoms. The second kappa shape index (κ2) is 4.61. The fourth-order valence-corrected chi connectivity index (χ4v) is 1.58. The molecule has 1 rings (SSSR count). The van der Waals surface area contributed by atoms with Gasteiger partial charge < -0.3 is 0 Å². The fraction of sp³-hybridized carbons (Fsp3) is 0.700. The summed E-state index contributed by atoms with van der Waals surface area (Å²) in [5.41, 5.74) is 0.0858. The molecule has 1 aliphatic rings. The highest BCUT2D eigenvalue weighted by Gasteiger charge is 2.43. The van der Waals surface area contributed by atoms with E-state index in [9.17, 15) is 0 Å². The second-order valence-electron chi connectivity index (χ2n) is 3.80. The Labute approximate surface area is 84.0 Å². The second-order valence-corrected chi connectivity index (χ2v) is 3.80. The van der Waals surface area contributed by atoms with Gasteiger partial charge in [0.15, 0.2) is 0 Å². The first-order valence-electron chi connectivity index (χ1n) is 4.59. The van der Waals surface area contributed by atoms with Gasteiger partial charge in [-0.1, -0.05) is 0 Å². The van der Waals surface area contributed by atoms with Gasteiger partial charge in [0.25, 0.3) is 0 Å². The van der Waals surface area contributed by atoms with Crippen LogP contribution in [0.3, 0.4) is 0 Å². The maximum Gasteiger partial charge on any atom is 0.0874 e. The molecule has 0 spiro atoms. The third-order valence-corrected chi connectivity index (χ3v) is 2.56. The highest BCUT2D eigenvalue weighted by Crippen LogP contribution is 2.48. The van der Waals surface area contributed by atoms with Crippen LogP contribution in [0.5, 0.6) is 0 Å². The van der Waals surface area contributed by atoms with E-state index >= 15 is 0 Å². The number of hydrogen-bond donors (Lipinski definition) is 0. The molecular weight excluding hydrogens is 176 g/mol. The van der Waals surface area contributed by atoms with E-state index in [0.717, 1.165) is 12.8 Å². The summed E-state index contributed by atoms with van der Waals surface area (Å²) < 4.78 is 0. The van der Waals surface area contributed by atoms with Crippen LogP contribution in [0.25, 0.3) is 0 Å². The highest BCUT2D eigenvalue weighted by molar-refractivity contribution is 5.02. The Morgan fingerprint density at radius 2 is 1.57 bits per heavy atom. The molecule has 0 radical (unpaired) electrons. The minimum absolute atomic E-state index is 0.0858. The predicted molar refractivity (Wildman–Crippen MR) is 49.6 cm³/mol. The van der Waals surface area contributed by atoms with Gasteiger partial charge in [-0.3, -0.25) is 4.90 Å². The van der Waals surface area contributed by atoms with Crippen molar-refractivity contribution in [3.8, 4) is 18.2 Å². The smallest absolute Gasteiger partial charge is 0.0874 e. The third kappa shape index (κ3) is 2.73. The van der Waals surface area contributed by atoms with E-state index in [1.54, 1.807) is 0 Å². The van der Waals surface area contributed by atoms with Gasteiger partial charge in [-0.25, -0.2) is 0 Å². The Morgan fingerprint density at radius 3 is 1.93 bits per heavy atom. The number of rotatable bonds is 5. The zero-order chi connectivity index (χ0) is 10.4. The molecule has 1 saturated carbocycles. The SMILES string of the molecule is N#CCN(CC#N)CC1(CC#N)CC1. The maximum absolute atomic E-state index is 8.62. The van der Waals surface area contributed by atoms with Crippen LogP contribution in [0.15, 0.2) is 0 Å². The average Bonchev–Trinajstić information content (AvgIpc) is 2.86. The van der Waals surface area contributed by atoms with Gasteiger partial charge in [0.1, 0.15) is 0 Å². The Balaban J connectivity index is 2.44. The van der Waals surface area contributed by atoms with Crippen LogP contribution < -0.4 is 0 Å². The van der Waals surface area contributed by atoms with Crippen molar-refractivity contribution in [2.75, 3.05) is 19.6 Å². The van der Waals surface area contributed by atoms with Crippen LogP contribution in [-0.4, -0.2) is 24.5 Å². The molecule has 4 nitrogen and oxygen atoms in total. The first-order chi connectivity index (χ1) is 6.76. The Kier molecular flexibility index (Phi) is 3.46. The van der Waals surface area contributed by atoms with Crippen molar-refractivity contribution in [1.29, 1.82) is 15.8 Å². The molecule has 0 aliphatic heterocycles. The van der Waals surface area contributed by atoms with Crippen molar-refractivity contribution < 1.29 is 0 Å². The summed E-state index contributed by atoms with van der Waals surface area (Å²) in [4.78, 5) is 1.81. The molecule has 0 bridgehead atoms. The van der Waals surface area contributed by atoms with Crippen molar-refractivity contribution in [1.82, 2.24) is 4.90 Å². The van der Waals surface area contributed by atoms with E-state index in [1.165, 1.54) is 0 Å².